The molecule has 3 heterocycles. The molecule has 4 unspecified atom stereocenters. The van der Waals surface area contributed by atoms with Gasteiger partial charge in [0.15, 0.2) is 0 Å². The molecule has 1 aromatic carbocycles. The molecule has 2 aliphatic rings. The van der Waals surface area contributed by atoms with Crippen LogP contribution in [0.1, 0.15) is 17.5 Å². The van der Waals surface area contributed by atoms with Gasteiger partial charge in [-0.25, -0.2) is 4.79 Å². The van der Waals surface area contributed by atoms with Gasteiger partial charge in [0.1, 0.15) is 5.76 Å². The Morgan fingerprint density at radius 3 is 2.75 bits per heavy atom. The number of halogens is 1. The Morgan fingerprint density at radius 1 is 1.22 bits per heavy atom. The molecule has 9 nitrogen and oxygen atoms in total. The van der Waals surface area contributed by atoms with Crippen molar-refractivity contribution in [2.24, 2.45) is 5.92 Å². The summed E-state index contributed by atoms with van der Waals surface area (Å²) in [5, 5.41) is 9.75. The van der Waals surface area contributed by atoms with Crippen LogP contribution in [-0.2, 0) is 16.1 Å². The number of carbonyl (C=O) groups excluding carboxylic acids is 3. The topological polar surface area (TPSA) is 107 Å². The summed E-state index contributed by atoms with van der Waals surface area (Å²) in [5.74, 6) is -0.243. The average molecular weight is 478 g/mol. The molecule has 1 aromatic heterocycles. The SMILES string of the molecule is CN1C(=O)C2C(SCC(=O)NCc3ccco3)NC(c3cccc(Cl)c3)NC2N(C)C1=O. The van der Waals surface area contributed by atoms with Crippen LogP contribution in [0.4, 0.5) is 4.79 Å². The van der Waals surface area contributed by atoms with Crippen molar-refractivity contribution < 1.29 is 18.8 Å². The van der Waals surface area contributed by atoms with Gasteiger partial charge in [-0.1, -0.05) is 23.7 Å². The number of imide groups is 1. The second kappa shape index (κ2) is 9.53. The molecular weight excluding hydrogens is 454 g/mol. The van der Waals surface area contributed by atoms with E-state index in [1.54, 1.807) is 31.5 Å². The number of rotatable bonds is 6. The fraction of sp³-hybridized carbons (Fsp3) is 0.381. The summed E-state index contributed by atoms with van der Waals surface area (Å²) in [4.78, 5) is 40.6. The number of carbonyl (C=O) groups is 3. The molecule has 2 saturated heterocycles. The molecule has 3 N–H and O–H groups in total. The van der Waals surface area contributed by atoms with E-state index in [1.165, 1.54) is 23.7 Å². The Hall–Kier alpha value is -2.53. The smallest absolute Gasteiger partial charge is 0.327 e. The van der Waals surface area contributed by atoms with Crippen molar-refractivity contribution in [3.05, 3.63) is 59.0 Å². The van der Waals surface area contributed by atoms with Crippen LogP contribution in [0, 0.1) is 5.92 Å². The highest BCUT2D eigenvalue weighted by molar-refractivity contribution is 8.00. The van der Waals surface area contributed by atoms with Crippen LogP contribution in [0.5, 0.6) is 0 Å². The van der Waals surface area contributed by atoms with E-state index < -0.39 is 17.5 Å². The Kier molecular flexibility index (Phi) is 6.75. The summed E-state index contributed by atoms with van der Waals surface area (Å²) in [6.45, 7) is 0.294. The number of hydrogen-bond acceptors (Lipinski definition) is 7. The number of fused-ring (bicyclic) bond motifs is 1. The predicted octanol–water partition coefficient (Wildman–Crippen LogP) is 1.97. The average Bonchev–Trinajstić information content (AvgIpc) is 3.31. The van der Waals surface area contributed by atoms with Crippen molar-refractivity contribution in [1.29, 1.82) is 0 Å². The van der Waals surface area contributed by atoms with Crippen LogP contribution in [0.25, 0.3) is 0 Å². The highest BCUT2D eigenvalue weighted by Crippen LogP contribution is 2.34. The summed E-state index contributed by atoms with van der Waals surface area (Å²) < 4.78 is 5.23. The maximum absolute atomic E-state index is 13.0. The van der Waals surface area contributed by atoms with E-state index in [2.05, 4.69) is 16.0 Å². The van der Waals surface area contributed by atoms with Gasteiger partial charge in [0.25, 0.3) is 0 Å². The van der Waals surface area contributed by atoms with Gasteiger partial charge in [0.05, 0.1) is 42.2 Å². The van der Waals surface area contributed by atoms with Gasteiger partial charge in [-0.15, -0.1) is 11.8 Å². The van der Waals surface area contributed by atoms with E-state index in [0.29, 0.717) is 17.3 Å². The van der Waals surface area contributed by atoms with E-state index in [-0.39, 0.29) is 29.8 Å². The van der Waals surface area contributed by atoms with Crippen molar-refractivity contribution >= 4 is 41.2 Å². The zero-order valence-corrected chi connectivity index (χ0v) is 19.2. The summed E-state index contributed by atoms with van der Waals surface area (Å²) >= 11 is 7.49. The molecule has 11 heteroatoms. The lowest BCUT2D eigenvalue weighted by atomic mass is 9.96. The third kappa shape index (κ3) is 4.63. The Balaban J connectivity index is 1.51. The Labute approximate surface area is 194 Å². The highest BCUT2D eigenvalue weighted by atomic mass is 35.5. The van der Waals surface area contributed by atoms with Crippen LogP contribution in [-0.4, -0.2) is 59.0 Å². The van der Waals surface area contributed by atoms with Crippen molar-refractivity contribution in [2.75, 3.05) is 19.8 Å². The molecule has 32 heavy (non-hydrogen) atoms. The van der Waals surface area contributed by atoms with Gasteiger partial charge in [-0.05, 0) is 29.8 Å². The molecule has 4 rings (SSSR count). The molecule has 4 atom stereocenters. The van der Waals surface area contributed by atoms with Gasteiger partial charge in [0, 0.05) is 19.1 Å². The fourth-order valence-corrected chi connectivity index (χ4v) is 5.23. The summed E-state index contributed by atoms with van der Waals surface area (Å²) in [6, 6.07) is 10.5. The second-order valence-electron chi connectivity index (χ2n) is 7.67. The fourth-order valence-electron chi connectivity index (χ4n) is 3.89. The number of nitrogens with zero attached hydrogens (tertiary/aromatic N) is 2. The highest BCUT2D eigenvalue weighted by Gasteiger charge is 2.51. The number of nitrogens with one attached hydrogen (secondary N) is 3. The van der Waals surface area contributed by atoms with Crippen molar-refractivity contribution in [3.8, 4) is 0 Å². The van der Waals surface area contributed by atoms with Crippen molar-refractivity contribution in [3.63, 3.8) is 0 Å². The number of furan rings is 1. The Bertz CT molecular complexity index is 1000. The van der Waals surface area contributed by atoms with Gasteiger partial charge in [0.2, 0.25) is 11.8 Å². The predicted molar refractivity (Wildman–Crippen MR) is 120 cm³/mol. The molecule has 0 radical (unpaired) electrons. The zero-order valence-electron chi connectivity index (χ0n) is 17.6. The minimum absolute atomic E-state index is 0.137. The maximum atomic E-state index is 13.0. The van der Waals surface area contributed by atoms with E-state index in [0.717, 1.165) is 10.5 Å². The monoisotopic (exact) mass is 477 g/mol. The molecule has 2 aromatic rings. The van der Waals surface area contributed by atoms with E-state index >= 15 is 0 Å². The molecule has 170 valence electrons. The number of urea groups is 1. The zero-order chi connectivity index (χ0) is 22.8. The Morgan fingerprint density at radius 2 is 2.03 bits per heavy atom. The van der Waals surface area contributed by atoms with Gasteiger partial charge >= 0.3 is 6.03 Å². The standard InChI is InChI=1S/C21H24ClN5O4S/c1-26-18-16(20(29)27(2)21(26)30)19(25-17(24-18)12-5-3-6-13(22)9-12)32-11-15(28)23-10-14-7-4-8-31-14/h3-9,16-19,24-25H,10-11H2,1-2H3,(H,23,28). The largest absolute Gasteiger partial charge is 0.467 e. The quantitative estimate of drug-likeness (QED) is 0.584. The van der Waals surface area contributed by atoms with Crippen LogP contribution < -0.4 is 16.0 Å². The molecule has 2 fully saturated rings. The van der Waals surface area contributed by atoms with E-state index in [9.17, 15) is 14.4 Å². The molecule has 0 saturated carbocycles. The maximum Gasteiger partial charge on any atom is 0.327 e. The molecular formula is C21H24ClN5O4S. The first-order valence-electron chi connectivity index (χ1n) is 10.1. The third-order valence-corrected chi connectivity index (χ3v) is 7.02. The molecule has 0 bridgehead atoms. The lowest BCUT2D eigenvalue weighted by Gasteiger charge is -2.50. The first-order chi connectivity index (χ1) is 15.3. The van der Waals surface area contributed by atoms with E-state index in [4.69, 9.17) is 16.0 Å². The van der Waals surface area contributed by atoms with Crippen LogP contribution in [0.2, 0.25) is 5.02 Å². The van der Waals surface area contributed by atoms with Gasteiger partial charge < -0.3 is 14.6 Å². The van der Waals surface area contributed by atoms with E-state index in [1.807, 2.05) is 18.2 Å². The van der Waals surface area contributed by atoms with Crippen molar-refractivity contribution in [2.45, 2.75) is 24.3 Å². The first kappa shape index (κ1) is 22.7. The summed E-state index contributed by atoms with van der Waals surface area (Å²) in [7, 11) is 3.13. The molecule has 2 aliphatic heterocycles. The number of benzene rings is 1. The number of hydrogen-bond donors (Lipinski definition) is 3. The third-order valence-electron chi connectivity index (χ3n) is 5.57. The second-order valence-corrected chi connectivity index (χ2v) is 9.24. The normalized spacial score (nSPS) is 25.6. The van der Waals surface area contributed by atoms with Gasteiger partial charge in [-0.3, -0.25) is 25.1 Å². The number of thioether (sulfide) groups is 1. The summed E-state index contributed by atoms with van der Waals surface area (Å²) in [5.41, 5.74) is 0.871. The lowest BCUT2D eigenvalue weighted by Crippen LogP contribution is -2.72. The van der Waals surface area contributed by atoms with Crippen LogP contribution in [0.15, 0.2) is 47.1 Å². The van der Waals surface area contributed by atoms with Gasteiger partial charge in [-0.2, -0.15) is 0 Å². The lowest BCUT2D eigenvalue weighted by molar-refractivity contribution is -0.140. The van der Waals surface area contributed by atoms with Crippen molar-refractivity contribution in [1.82, 2.24) is 25.8 Å². The van der Waals surface area contributed by atoms with Crippen LogP contribution >= 0.6 is 23.4 Å². The minimum Gasteiger partial charge on any atom is -0.467 e. The molecule has 0 spiro atoms. The number of amides is 4. The molecule has 4 amide bonds. The first-order valence-corrected chi connectivity index (χ1v) is 11.5. The molecule has 0 aliphatic carbocycles. The van der Waals surface area contributed by atoms with Crippen LogP contribution in [0.3, 0.4) is 0 Å². The summed E-state index contributed by atoms with van der Waals surface area (Å²) in [6.07, 6.45) is 0.666. The minimum atomic E-state index is -0.569.